The van der Waals surface area contributed by atoms with Crippen molar-refractivity contribution in [2.75, 3.05) is 11.9 Å². The first-order chi connectivity index (χ1) is 13.7. The van der Waals surface area contributed by atoms with Gasteiger partial charge in [-0.25, -0.2) is 0 Å². The lowest BCUT2D eigenvalue weighted by Crippen LogP contribution is -2.07. The van der Waals surface area contributed by atoms with E-state index >= 15 is 0 Å². The summed E-state index contributed by atoms with van der Waals surface area (Å²) in [6.45, 7) is 3.05. The Morgan fingerprint density at radius 3 is 2.43 bits per heavy atom. The molecule has 0 unspecified atom stereocenters. The Labute approximate surface area is 165 Å². The van der Waals surface area contributed by atoms with Gasteiger partial charge < -0.3 is 14.8 Å². The maximum Gasteiger partial charge on any atom is 0.248 e. The number of hydrogen-bond acceptors (Lipinski definition) is 3. The van der Waals surface area contributed by atoms with Gasteiger partial charge in [-0.05, 0) is 60.5 Å². The van der Waals surface area contributed by atoms with Crippen molar-refractivity contribution in [2.24, 2.45) is 0 Å². The Morgan fingerprint density at radius 1 is 0.893 bits per heavy atom. The number of amides is 1. The van der Waals surface area contributed by atoms with E-state index in [0.29, 0.717) is 13.2 Å². The van der Waals surface area contributed by atoms with Gasteiger partial charge in [0.25, 0.3) is 0 Å². The van der Waals surface area contributed by atoms with E-state index < -0.39 is 0 Å². The number of ether oxygens (including phenoxy) is 2. The van der Waals surface area contributed by atoms with Gasteiger partial charge in [0.05, 0.1) is 6.61 Å². The maximum absolute atomic E-state index is 12.1. The van der Waals surface area contributed by atoms with Gasteiger partial charge >= 0.3 is 0 Å². The minimum Gasteiger partial charge on any atom is -0.494 e. The molecule has 0 heterocycles. The van der Waals surface area contributed by atoms with Crippen molar-refractivity contribution < 1.29 is 14.3 Å². The molecular weight excluding hydrogens is 350 g/mol. The molecule has 0 saturated carbocycles. The van der Waals surface area contributed by atoms with Crippen LogP contribution in [0.15, 0.2) is 84.9 Å². The van der Waals surface area contributed by atoms with Crippen LogP contribution >= 0.6 is 0 Å². The van der Waals surface area contributed by atoms with Crippen LogP contribution in [0.3, 0.4) is 0 Å². The largest absolute Gasteiger partial charge is 0.494 e. The summed E-state index contributed by atoms with van der Waals surface area (Å²) in [7, 11) is 0. The van der Waals surface area contributed by atoms with E-state index in [9.17, 15) is 4.79 Å². The molecule has 1 amide bonds. The van der Waals surface area contributed by atoms with E-state index in [1.165, 1.54) is 6.08 Å². The molecule has 0 saturated heterocycles. The number of rotatable bonds is 8. The van der Waals surface area contributed by atoms with E-state index in [1.54, 1.807) is 6.08 Å². The van der Waals surface area contributed by atoms with Crippen molar-refractivity contribution in [2.45, 2.75) is 13.5 Å². The van der Waals surface area contributed by atoms with Gasteiger partial charge in [0.1, 0.15) is 18.1 Å². The van der Waals surface area contributed by atoms with Crippen molar-refractivity contribution in [1.82, 2.24) is 0 Å². The van der Waals surface area contributed by atoms with Crippen LogP contribution in [0.1, 0.15) is 18.1 Å². The lowest BCUT2D eigenvalue weighted by molar-refractivity contribution is -0.111. The van der Waals surface area contributed by atoms with Crippen molar-refractivity contribution in [3.63, 3.8) is 0 Å². The molecule has 28 heavy (non-hydrogen) atoms. The average Bonchev–Trinajstić information content (AvgIpc) is 2.73. The van der Waals surface area contributed by atoms with E-state index in [-0.39, 0.29) is 5.91 Å². The lowest BCUT2D eigenvalue weighted by atomic mass is 10.2. The fraction of sp³-hybridized carbons (Fsp3) is 0.125. The zero-order valence-electron chi connectivity index (χ0n) is 15.8. The summed E-state index contributed by atoms with van der Waals surface area (Å²) < 4.78 is 11.2. The minimum absolute atomic E-state index is 0.195. The highest BCUT2D eigenvalue weighted by Crippen LogP contribution is 2.17. The second-order valence-corrected chi connectivity index (χ2v) is 6.13. The first-order valence-corrected chi connectivity index (χ1v) is 9.21. The first-order valence-electron chi connectivity index (χ1n) is 9.21. The van der Waals surface area contributed by atoms with Crippen LogP contribution in [0, 0.1) is 0 Å². The second-order valence-electron chi connectivity index (χ2n) is 6.13. The molecule has 0 aliphatic rings. The summed E-state index contributed by atoms with van der Waals surface area (Å²) in [4.78, 5) is 12.1. The molecule has 0 aliphatic heterocycles. The van der Waals surface area contributed by atoms with Crippen molar-refractivity contribution >= 4 is 17.7 Å². The van der Waals surface area contributed by atoms with E-state index in [2.05, 4.69) is 5.32 Å². The summed E-state index contributed by atoms with van der Waals surface area (Å²) in [5.74, 6) is 1.35. The van der Waals surface area contributed by atoms with Crippen LogP contribution in [0.4, 0.5) is 5.69 Å². The van der Waals surface area contributed by atoms with Gasteiger partial charge in [0.2, 0.25) is 5.91 Å². The highest BCUT2D eigenvalue weighted by molar-refractivity contribution is 6.01. The van der Waals surface area contributed by atoms with Gasteiger partial charge in [0, 0.05) is 11.8 Å². The number of anilines is 1. The molecule has 4 heteroatoms. The molecule has 142 valence electrons. The standard InChI is InChI=1S/C24H23NO3/c1-2-27-22-14-12-21(13-15-22)25-24(26)16-11-19-9-6-10-23(17-19)28-18-20-7-4-3-5-8-20/h3-17H,2,18H2,1H3,(H,25,26)/b16-11+. The summed E-state index contributed by atoms with van der Waals surface area (Å²) in [5, 5.41) is 2.83. The van der Waals surface area contributed by atoms with Crippen LogP contribution in [-0.4, -0.2) is 12.5 Å². The van der Waals surface area contributed by atoms with Gasteiger partial charge in [-0.15, -0.1) is 0 Å². The zero-order valence-corrected chi connectivity index (χ0v) is 15.8. The van der Waals surface area contributed by atoms with Crippen LogP contribution < -0.4 is 14.8 Å². The lowest BCUT2D eigenvalue weighted by Gasteiger charge is -2.07. The Balaban J connectivity index is 1.55. The fourth-order valence-corrected chi connectivity index (χ4v) is 2.61. The fourth-order valence-electron chi connectivity index (χ4n) is 2.61. The van der Waals surface area contributed by atoms with Gasteiger partial charge in [-0.2, -0.15) is 0 Å². The first kappa shape index (κ1) is 19.2. The van der Waals surface area contributed by atoms with Crippen molar-refractivity contribution in [1.29, 1.82) is 0 Å². The Bertz CT molecular complexity index is 918. The monoisotopic (exact) mass is 373 g/mol. The average molecular weight is 373 g/mol. The third-order valence-electron chi connectivity index (χ3n) is 3.97. The van der Waals surface area contributed by atoms with Gasteiger partial charge in [0.15, 0.2) is 0 Å². The summed E-state index contributed by atoms with van der Waals surface area (Å²) in [6.07, 6.45) is 3.27. The Hall–Kier alpha value is -3.53. The Morgan fingerprint density at radius 2 is 1.68 bits per heavy atom. The molecule has 0 atom stereocenters. The summed E-state index contributed by atoms with van der Waals surface area (Å²) in [5.41, 5.74) is 2.73. The third-order valence-corrected chi connectivity index (χ3v) is 3.97. The molecule has 3 rings (SSSR count). The predicted molar refractivity (Wildman–Crippen MR) is 112 cm³/mol. The molecule has 0 aliphatic carbocycles. The molecule has 3 aromatic carbocycles. The van der Waals surface area contributed by atoms with E-state index in [0.717, 1.165) is 28.3 Å². The quantitative estimate of drug-likeness (QED) is 0.544. The van der Waals surface area contributed by atoms with E-state index in [4.69, 9.17) is 9.47 Å². The Kier molecular flexibility index (Phi) is 6.85. The molecule has 0 aromatic heterocycles. The summed E-state index contributed by atoms with van der Waals surface area (Å²) >= 11 is 0. The number of benzene rings is 3. The maximum atomic E-state index is 12.1. The SMILES string of the molecule is CCOc1ccc(NC(=O)/C=C/c2cccc(OCc3ccccc3)c2)cc1. The number of carbonyl (C=O) groups is 1. The number of nitrogens with one attached hydrogen (secondary N) is 1. The van der Waals surface area contributed by atoms with Crippen molar-refractivity contribution in [3.8, 4) is 11.5 Å². The zero-order chi connectivity index (χ0) is 19.6. The number of carbonyl (C=O) groups excluding carboxylic acids is 1. The smallest absolute Gasteiger partial charge is 0.248 e. The molecule has 1 N–H and O–H groups in total. The molecular formula is C24H23NO3. The number of hydrogen-bond donors (Lipinski definition) is 1. The van der Waals surface area contributed by atoms with Crippen molar-refractivity contribution in [3.05, 3.63) is 96.1 Å². The molecule has 0 radical (unpaired) electrons. The predicted octanol–water partition coefficient (Wildman–Crippen LogP) is 5.32. The van der Waals surface area contributed by atoms with Gasteiger partial charge in [-0.3, -0.25) is 4.79 Å². The molecule has 0 spiro atoms. The normalized spacial score (nSPS) is 10.6. The van der Waals surface area contributed by atoms with Gasteiger partial charge in [-0.1, -0.05) is 42.5 Å². The third kappa shape index (κ3) is 6.02. The highest BCUT2D eigenvalue weighted by Gasteiger charge is 2.00. The van der Waals surface area contributed by atoms with E-state index in [1.807, 2.05) is 85.8 Å². The topological polar surface area (TPSA) is 47.6 Å². The molecule has 0 bridgehead atoms. The van der Waals surface area contributed by atoms with Crippen LogP contribution in [0.2, 0.25) is 0 Å². The molecule has 4 nitrogen and oxygen atoms in total. The van der Waals surface area contributed by atoms with Crippen LogP contribution in [0.25, 0.3) is 6.08 Å². The molecule has 3 aromatic rings. The van der Waals surface area contributed by atoms with Crippen LogP contribution in [0.5, 0.6) is 11.5 Å². The second kappa shape index (κ2) is 9.97. The minimum atomic E-state index is -0.195. The highest BCUT2D eigenvalue weighted by atomic mass is 16.5. The summed E-state index contributed by atoms with van der Waals surface area (Å²) in [6, 6.07) is 24.9. The molecule has 0 fully saturated rings. The van der Waals surface area contributed by atoms with Crippen LogP contribution in [-0.2, 0) is 11.4 Å².